The van der Waals surface area contributed by atoms with Crippen LogP contribution < -0.4 is 27.8 Å². The van der Waals surface area contributed by atoms with Gasteiger partial charge in [-0.15, -0.1) is 0 Å². The van der Waals surface area contributed by atoms with Crippen LogP contribution in [0.25, 0.3) is 111 Å². The highest BCUT2D eigenvalue weighted by Gasteiger charge is 2.28. The number of likely N-dealkylation sites (N-methyl/N-ethyl adjacent to an activating group) is 1. The Labute approximate surface area is 834 Å². The van der Waals surface area contributed by atoms with Crippen molar-refractivity contribution in [3.05, 3.63) is 287 Å². The number of carbonyl (C=O) groups is 5. The van der Waals surface area contributed by atoms with E-state index in [1.807, 2.05) is 88.7 Å². The number of fused-ring (bicyclic) bond motifs is 5. The molecule has 0 spiro atoms. The van der Waals surface area contributed by atoms with E-state index in [0.717, 1.165) is 171 Å². The number of piperidine rings is 1. The number of aromatic nitrogens is 10. The Morgan fingerprint density at radius 2 is 0.632 bits per heavy atom. The van der Waals surface area contributed by atoms with Crippen molar-refractivity contribution in [1.29, 1.82) is 0 Å². The van der Waals surface area contributed by atoms with Crippen LogP contribution in [0, 0.1) is 5.82 Å². The number of H-pyrrole nitrogens is 5. The number of hydrogen-bond donors (Lipinski definition) is 10. The molecule has 31 heteroatoms. The SMILES string of the molecule is CCc1cc(C(=O)O)c(=O)[nH]c1-c1ccc2c(c1)cc(C(C)N1CCCC1)n2C.CCc1cc(C(=O)O)c(=O)[nH]c1-c1ccc2c(c1)cc(CCN(C)C)n2C.CCc1cc(C(=O)O)c(=O)[nH]c1-c1ccc2c(c1)cc(CCN1CCCC1)n2C.CCc1cc(C(=O)O)c(=O)[nH]c1-c1ccc2c(c1)cc(CCN1CCCCC1)n2C.CCc1cc(C(=O)O)c(=O)[nH]c1-c1ccc2c(cc(CN3CCCC3)n2C)c1F. The molecule has 0 bridgehead atoms. The predicted molar refractivity (Wildman–Crippen MR) is 566 cm³/mol. The zero-order chi connectivity index (χ0) is 103. The fourth-order valence-electron chi connectivity index (χ4n) is 21.0. The largest absolute Gasteiger partial charge is 0.477 e. The molecule has 756 valence electrons. The van der Waals surface area contributed by atoms with Gasteiger partial charge < -0.3 is 88.0 Å². The summed E-state index contributed by atoms with van der Waals surface area (Å²) in [5.74, 6) is -6.51. The van der Waals surface area contributed by atoms with Gasteiger partial charge in [0, 0.05) is 170 Å². The Hall–Kier alpha value is -14.4. The average molecular weight is 1960 g/mol. The minimum atomic E-state index is -1.29. The molecular formula is C113H132FN15O15. The van der Waals surface area contributed by atoms with E-state index in [-0.39, 0.29) is 33.4 Å². The Bertz CT molecular complexity index is 7700. The first-order valence-electron chi connectivity index (χ1n) is 50.2. The van der Waals surface area contributed by atoms with Gasteiger partial charge >= 0.3 is 29.8 Å². The topological polar surface area (TPSA) is 392 Å². The van der Waals surface area contributed by atoms with E-state index in [1.165, 1.54) is 137 Å². The summed E-state index contributed by atoms with van der Waals surface area (Å²) in [6.45, 7) is 25.1. The number of benzene rings is 5. The van der Waals surface area contributed by atoms with E-state index in [1.54, 1.807) is 6.07 Å². The van der Waals surface area contributed by atoms with Crippen LogP contribution in [-0.2, 0) is 93.1 Å². The molecule has 4 aliphatic rings. The first-order valence-corrected chi connectivity index (χ1v) is 50.2. The molecule has 0 amide bonds. The number of carboxylic acids is 5. The smallest absolute Gasteiger partial charge is 0.341 e. The van der Waals surface area contributed by atoms with E-state index >= 15 is 4.39 Å². The normalized spacial score (nSPS) is 14.4. The number of pyridine rings is 5. The second-order valence-electron chi connectivity index (χ2n) is 38.6. The highest BCUT2D eigenvalue weighted by molar-refractivity contribution is 5.95. The molecule has 1 unspecified atom stereocenters. The number of halogens is 1. The molecule has 0 aliphatic carbocycles. The van der Waals surface area contributed by atoms with Gasteiger partial charge in [0.25, 0.3) is 27.8 Å². The van der Waals surface area contributed by atoms with Crippen LogP contribution in [0.3, 0.4) is 0 Å². The van der Waals surface area contributed by atoms with Crippen molar-refractivity contribution in [2.24, 2.45) is 35.2 Å². The van der Waals surface area contributed by atoms with Crippen molar-refractivity contribution in [2.75, 3.05) is 86.1 Å². The maximum absolute atomic E-state index is 15.5. The molecule has 4 aliphatic heterocycles. The van der Waals surface area contributed by atoms with Crippen molar-refractivity contribution < 1.29 is 53.9 Å². The lowest BCUT2D eigenvalue weighted by Gasteiger charge is -2.26. The van der Waals surface area contributed by atoms with Gasteiger partial charge in [-0.2, -0.15) is 0 Å². The molecule has 0 radical (unpaired) electrons. The van der Waals surface area contributed by atoms with Crippen molar-refractivity contribution in [1.82, 2.24) is 72.3 Å². The van der Waals surface area contributed by atoms with Gasteiger partial charge in [-0.3, -0.25) is 33.8 Å². The lowest BCUT2D eigenvalue weighted by Crippen LogP contribution is -2.31. The number of nitrogens with zero attached hydrogens (tertiary/aromatic N) is 10. The number of aryl methyl sites for hydroxylation is 10. The maximum Gasteiger partial charge on any atom is 0.341 e. The number of aromatic carboxylic acids is 5. The molecule has 14 heterocycles. The number of carboxylic acid groups (broad SMARTS) is 5. The number of nitrogens with one attached hydrogen (secondary N) is 5. The minimum absolute atomic E-state index is 0.212. The average Bonchev–Trinajstić information content (AvgIpc) is 1.65. The van der Waals surface area contributed by atoms with E-state index in [9.17, 15) is 73.5 Å². The Kier molecular flexibility index (Phi) is 32.8. The van der Waals surface area contributed by atoms with E-state index in [4.69, 9.17) is 0 Å². The summed E-state index contributed by atoms with van der Waals surface area (Å²) in [4.78, 5) is 143. The number of aromatic amines is 5. The molecule has 5 aromatic carbocycles. The number of likely N-dealkylation sites (tertiary alicyclic amines) is 4. The molecule has 19 rings (SSSR count). The lowest BCUT2D eigenvalue weighted by atomic mass is 10.0. The van der Waals surface area contributed by atoms with Crippen LogP contribution in [0.15, 0.2) is 170 Å². The highest BCUT2D eigenvalue weighted by atomic mass is 19.1. The van der Waals surface area contributed by atoms with Crippen LogP contribution in [0.2, 0.25) is 0 Å². The number of hydrogen-bond acceptors (Lipinski definition) is 15. The van der Waals surface area contributed by atoms with Gasteiger partial charge in [-0.1, -0.05) is 65.3 Å². The molecule has 1 atom stereocenters. The van der Waals surface area contributed by atoms with Gasteiger partial charge in [0.15, 0.2) is 0 Å². The molecule has 4 fully saturated rings. The van der Waals surface area contributed by atoms with E-state index in [0.29, 0.717) is 77.6 Å². The molecule has 4 saturated heterocycles. The van der Waals surface area contributed by atoms with E-state index in [2.05, 4.69) is 184 Å². The maximum atomic E-state index is 15.5. The van der Waals surface area contributed by atoms with Crippen LogP contribution in [0.1, 0.15) is 213 Å². The Balaban J connectivity index is 0.000000135. The molecule has 144 heavy (non-hydrogen) atoms. The van der Waals surface area contributed by atoms with E-state index < -0.39 is 63.5 Å². The Morgan fingerprint density at radius 1 is 0.340 bits per heavy atom. The van der Waals surface area contributed by atoms with Crippen molar-refractivity contribution in [3.63, 3.8) is 0 Å². The molecule has 10 N–H and O–H groups in total. The molecular weight excluding hydrogens is 1830 g/mol. The third-order valence-electron chi connectivity index (χ3n) is 29.4. The summed E-state index contributed by atoms with van der Waals surface area (Å²) in [6, 6.07) is 46.5. The number of rotatable bonds is 28. The van der Waals surface area contributed by atoms with Gasteiger partial charge in [0.05, 0.1) is 34.0 Å². The zero-order valence-electron chi connectivity index (χ0n) is 84.6. The second-order valence-corrected chi connectivity index (χ2v) is 38.6. The Morgan fingerprint density at radius 3 is 0.972 bits per heavy atom. The van der Waals surface area contributed by atoms with Crippen LogP contribution >= 0.6 is 0 Å². The summed E-state index contributed by atoms with van der Waals surface area (Å²) in [5, 5.41) is 51.1. The summed E-state index contributed by atoms with van der Waals surface area (Å²) >= 11 is 0. The summed E-state index contributed by atoms with van der Waals surface area (Å²) in [5.41, 5.74) is 18.3. The van der Waals surface area contributed by atoms with Crippen LogP contribution in [0.4, 0.5) is 4.39 Å². The molecule has 0 saturated carbocycles. The monoisotopic (exact) mass is 1960 g/mol. The highest BCUT2D eigenvalue weighted by Crippen LogP contribution is 2.38. The molecule has 30 nitrogen and oxygen atoms in total. The first kappa shape index (κ1) is 104. The van der Waals surface area contributed by atoms with Crippen molar-refractivity contribution >= 4 is 84.4 Å². The van der Waals surface area contributed by atoms with Crippen molar-refractivity contribution in [3.8, 4) is 56.3 Å². The zero-order valence-corrected chi connectivity index (χ0v) is 84.6. The fraction of sp³-hybridized carbons (Fsp3) is 0.381. The third kappa shape index (κ3) is 22.6. The lowest BCUT2D eigenvalue weighted by molar-refractivity contribution is 0.0684. The van der Waals surface area contributed by atoms with Crippen LogP contribution in [0.5, 0.6) is 0 Å². The first-order chi connectivity index (χ1) is 69.1. The summed E-state index contributed by atoms with van der Waals surface area (Å²) in [6.07, 6.45) is 17.5. The minimum Gasteiger partial charge on any atom is -0.477 e. The standard InChI is InChI=1S/C24H29N3O3.2C23H27N3O3.C22H24FN3O3.C21H25N3O3/c1-3-16-15-20(24(29)30)23(28)25-22(16)17-7-8-21-18(13-17)14-19(26(21)2)9-12-27-10-5-4-6-11-27;1-4-15-12-18(23(28)29)22(27)24-21(15)16-7-8-19-17(11-16)13-20(25(19)3)14(2)26-9-5-6-10-26;1-3-15-14-19(23(28)29)22(27)24-21(15)16-6-7-20-17(12-16)13-18(25(20)2)8-11-26-9-4-5-10-26;1-3-13-10-17(22(28)29)21(27)24-20(13)15-6-7-18-16(19(15)23)11-14(25(18)2)12-26-8-4-5-9-26;1-5-13-12-17(21(26)27)20(25)22-19(13)14-6-7-18-15(10-14)11-16(24(18)4)8-9-23(2)3/h7-8,13-15H,3-6,9-12H2,1-2H3,(H,25,28)(H,29,30);7-8,11-14H,4-6,9-10H2,1-3H3,(H,24,27)(H,28,29);6-7,12-14H,3-5,8-11H2,1-2H3,(H,24,27)(H,28,29);6-7,10-11H,3-5,8-9,12H2,1-2H3,(H,24,27)(H,28,29);6-7,10-12H,5,8-9H2,1-4H3,(H,22,25)(H,26,27). The predicted octanol–water partition coefficient (Wildman–Crippen LogP) is 17.6. The second kappa shape index (κ2) is 45.5. The van der Waals surface area contributed by atoms with Gasteiger partial charge in [-0.05, 0) is 328 Å². The van der Waals surface area contributed by atoms with Crippen molar-refractivity contribution in [2.45, 2.75) is 163 Å². The summed E-state index contributed by atoms with van der Waals surface area (Å²) < 4.78 is 26.5. The van der Waals surface area contributed by atoms with Gasteiger partial charge in [-0.25, -0.2) is 28.4 Å². The molecule has 15 aromatic rings. The van der Waals surface area contributed by atoms with Crippen LogP contribution in [-0.4, -0.2) is 214 Å². The quantitative estimate of drug-likeness (QED) is 0.0218. The van der Waals surface area contributed by atoms with Gasteiger partial charge in [0.2, 0.25) is 0 Å². The molecule has 10 aromatic heterocycles. The third-order valence-corrected chi connectivity index (χ3v) is 29.4. The summed E-state index contributed by atoms with van der Waals surface area (Å²) in [7, 11) is 14.4. The van der Waals surface area contributed by atoms with Gasteiger partial charge in [0.1, 0.15) is 33.6 Å². The fourth-order valence-corrected chi connectivity index (χ4v) is 21.0.